The molecule has 0 aromatic carbocycles. The molecule has 0 aromatic heterocycles. The van der Waals surface area contributed by atoms with E-state index in [4.69, 9.17) is 23.7 Å². The first-order chi connectivity index (χ1) is 16.4. The molecule has 1 aliphatic carbocycles. The fourth-order valence-corrected chi connectivity index (χ4v) is 5.12. The van der Waals surface area contributed by atoms with Crippen molar-refractivity contribution >= 4 is 5.97 Å². The van der Waals surface area contributed by atoms with Crippen molar-refractivity contribution in [1.82, 2.24) is 0 Å². The molecule has 4 rings (SSSR count). The van der Waals surface area contributed by atoms with Crippen LogP contribution in [0.5, 0.6) is 0 Å². The van der Waals surface area contributed by atoms with Crippen molar-refractivity contribution in [2.24, 2.45) is 11.8 Å². The maximum atomic E-state index is 11.6. The highest BCUT2D eigenvalue weighted by Crippen LogP contribution is 2.49. The zero-order valence-corrected chi connectivity index (χ0v) is 18.9. The van der Waals surface area contributed by atoms with Crippen LogP contribution >= 0.6 is 0 Å². The first-order valence-electron chi connectivity index (χ1n) is 11.3. The molecule has 3 heterocycles. The summed E-state index contributed by atoms with van der Waals surface area (Å²) in [5.74, 6) is -2.58. The van der Waals surface area contributed by atoms with Gasteiger partial charge in [0.15, 0.2) is 12.6 Å². The van der Waals surface area contributed by atoms with Gasteiger partial charge < -0.3 is 64.5 Å². The number of rotatable bonds is 7. The van der Waals surface area contributed by atoms with Crippen LogP contribution in [0.2, 0.25) is 0 Å². The summed E-state index contributed by atoms with van der Waals surface area (Å²) >= 11 is 0. The van der Waals surface area contributed by atoms with Crippen LogP contribution < -0.4 is 0 Å². The second-order valence-electron chi connectivity index (χ2n) is 9.78. The summed E-state index contributed by atoms with van der Waals surface area (Å²) in [6.45, 7) is -0.116. The summed E-state index contributed by atoms with van der Waals surface area (Å²) < 4.78 is 27.3. The highest BCUT2D eigenvalue weighted by atomic mass is 16.8. The third kappa shape index (κ3) is 4.81. The minimum Gasteiger partial charge on any atom is -0.478 e. The van der Waals surface area contributed by atoms with Crippen molar-refractivity contribution in [2.75, 3.05) is 19.8 Å². The van der Waals surface area contributed by atoms with E-state index in [0.29, 0.717) is 6.42 Å². The normalized spacial score (nSPS) is 49.9. The number of carboxylic acids is 1. The van der Waals surface area contributed by atoms with Crippen molar-refractivity contribution in [2.45, 2.75) is 80.4 Å². The number of aliphatic hydroxyl groups is 7. The van der Waals surface area contributed by atoms with E-state index in [1.54, 1.807) is 0 Å². The van der Waals surface area contributed by atoms with Gasteiger partial charge in [-0.15, -0.1) is 0 Å². The average Bonchev–Trinajstić information content (AvgIpc) is 3.29. The molecular weight excluding hydrogens is 476 g/mol. The third-order valence-electron chi connectivity index (χ3n) is 7.32. The lowest BCUT2D eigenvalue weighted by Crippen LogP contribution is -2.61. The molecule has 0 unspecified atom stereocenters. The third-order valence-corrected chi connectivity index (χ3v) is 7.32. The molecule has 0 spiro atoms. The average molecular weight is 508 g/mol. The number of aliphatic carboxylic acids is 1. The van der Waals surface area contributed by atoms with Crippen LogP contribution in [0.25, 0.3) is 0 Å². The molecule has 2 saturated heterocycles. The van der Waals surface area contributed by atoms with E-state index in [1.165, 1.54) is 6.92 Å². The SMILES string of the molecule is C[C@]1(O)CC[C@@H]2C(C(=O)O)=CO[C@@H](O[C@@H]3O[C@H](CO[C@@H]4OC[C@@](O)(CO)[C@H]4O)[C@@H](O)[C@H](O)[C@H]3O)[C@@H]21. The van der Waals surface area contributed by atoms with Gasteiger partial charge in [0.05, 0.1) is 43.2 Å². The lowest BCUT2D eigenvalue weighted by molar-refractivity contribution is -0.350. The van der Waals surface area contributed by atoms with Gasteiger partial charge in [-0.05, 0) is 19.8 Å². The lowest BCUT2D eigenvalue weighted by Gasteiger charge is -2.44. The van der Waals surface area contributed by atoms with Gasteiger partial charge in [0.2, 0.25) is 6.29 Å². The van der Waals surface area contributed by atoms with Gasteiger partial charge in [0, 0.05) is 5.92 Å². The summed E-state index contributed by atoms with van der Waals surface area (Å²) in [4.78, 5) is 11.6. The standard InChI is InChI=1S/C21H32O14/c1-20(29)3-2-8-9(16(27)28)4-31-17(11(8)20)35-18-14(25)13(24)12(23)10(34-18)5-32-19-15(26)21(30,6-22)7-33-19/h4,8,10-15,17-19,22-26,29-30H,2-3,5-7H2,1H3,(H,27,28)/t8-,10-,11-,12-,13+,14-,15+,17+,18+,19-,20+,21+/m1/s1. The zero-order chi connectivity index (χ0) is 25.7. The Kier molecular flexibility index (Phi) is 7.45. The Morgan fingerprint density at radius 1 is 1.11 bits per heavy atom. The molecular formula is C21H32O14. The molecule has 12 atom stereocenters. The van der Waals surface area contributed by atoms with Crippen molar-refractivity contribution in [3.8, 4) is 0 Å². The van der Waals surface area contributed by atoms with Crippen LogP contribution in [0.3, 0.4) is 0 Å². The Labute approximate surface area is 199 Å². The molecule has 14 heteroatoms. The van der Waals surface area contributed by atoms with E-state index in [1.807, 2.05) is 0 Å². The van der Waals surface area contributed by atoms with Gasteiger partial charge in [-0.3, -0.25) is 0 Å². The molecule has 8 N–H and O–H groups in total. The maximum absolute atomic E-state index is 11.6. The second kappa shape index (κ2) is 9.79. The highest BCUT2D eigenvalue weighted by Gasteiger charge is 2.56. The van der Waals surface area contributed by atoms with Crippen molar-refractivity contribution in [3.63, 3.8) is 0 Å². The number of fused-ring (bicyclic) bond motifs is 1. The van der Waals surface area contributed by atoms with Crippen LogP contribution in [-0.2, 0) is 28.5 Å². The van der Waals surface area contributed by atoms with Crippen LogP contribution in [0.4, 0.5) is 0 Å². The number of ether oxygens (including phenoxy) is 5. The van der Waals surface area contributed by atoms with Crippen LogP contribution in [0, 0.1) is 11.8 Å². The molecule has 35 heavy (non-hydrogen) atoms. The number of hydrogen-bond acceptors (Lipinski definition) is 13. The quantitative estimate of drug-likeness (QED) is 0.166. The summed E-state index contributed by atoms with van der Waals surface area (Å²) in [5.41, 5.74) is -3.28. The predicted molar refractivity (Wildman–Crippen MR) is 109 cm³/mol. The van der Waals surface area contributed by atoms with Crippen molar-refractivity contribution in [1.29, 1.82) is 0 Å². The van der Waals surface area contributed by atoms with Gasteiger partial charge >= 0.3 is 5.97 Å². The molecule has 3 fully saturated rings. The maximum Gasteiger partial charge on any atom is 0.334 e. The first-order valence-corrected chi connectivity index (χ1v) is 11.3. The summed E-state index contributed by atoms with van der Waals surface area (Å²) in [6.07, 6.45) is -10.5. The van der Waals surface area contributed by atoms with Crippen LogP contribution in [0.1, 0.15) is 19.8 Å². The Bertz CT molecular complexity index is 818. The molecule has 14 nitrogen and oxygen atoms in total. The smallest absolute Gasteiger partial charge is 0.334 e. The number of aliphatic hydroxyl groups excluding tert-OH is 5. The molecule has 0 aromatic rings. The minimum absolute atomic E-state index is 0.0163. The molecule has 0 amide bonds. The molecule has 4 aliphatic rings. The molecule has 1 saturated carbocycles. The van der Waals surface area contributed by atoms with Gasteiger partial charge in [0.25, 0.3) is 0 Å². The Morgan fingerprint density at radius 3 is 2.46 bits per heavy atom. The Hall–Kier alpha value is -1.43. The fourth-order valence-electron chi connectivity index (χ4n) is 5.12. The van der Waals surface area contributed by atoms with E-state index in [-0.39, 0.29) is 12.0 Å². The molecule has 200 valence electrons. The predicted octanol–water partition coefficient (Wildman–Crippen LogP) is -3.63. The minimum atomic E-state index is -1.92. The number of carbonyl (C=O) groups is 1. The van der Waals surface area contributed by atoms with Crippen molar-refractivity contribution in [3.05, 3.63) is 11.8 Å². The fraction of sp³-hybridized carbons (Fsp3) is 0.857. The van der Waals surface area contributed by atoms with Gasteiger partial charge in [-0.25, -0.2) is 4.79 Å². The monoisotopic (exact) mass is 508 g/mol. The van der Waals surface area contributed by atoms with E-state index in [0.717, 1.165) is 6.26 Å². The van der Waals surface area contributed by atoms with Gasteiger partial charge in [-0.1, -0.05) is 0 Å². The number of hydrogen-bond donors (Lipinski definition) is 8. The number of carboxylic acid groups (broad SMARTS) is 1. The second-order valence-corrected chi connectivity index (χ2v) is 9.78. The lowest BCUT2D eigenvalue weighted by atomic mass is 9.81. The summed E-state index contributed by atoms with van der Waals surface area (Å²) in [6, 6.07) is 0. The molecule has 0 radical (unpaired) electrons. The largest absolute Gasteiger partial charge is 0.478 e. The van der Waals surface area contributed by atoms with E-state index in [9.17, 15) is 45.6 Å². The summed E-state index contributed by atoms with van der Waals surface area (Å²) in [5, 5.41) is 80.8. The van der Waals surface area contributed by atoms with Crippen LogP contribution in [0.15, 0.2) is 11.8 Å². The van der Waals surface area contributed by atoms with Crippen molar-refractivity contribution < 1.29 is 69.3 Å². The Balaban J connectivity index is 1.44. The van der Waals surface area contributed by atoms with E-state index in [2.05, 4.69) is 0 Å². The van der Waals surface area contributed by atoms with Gasteiger partial charge in [-0.2, -0.15) is 0 Å². The van der Waals surface area contributed by atoms with Gasteiger partial charge in [0.1, 0.15) is 36.1 Å². The van der Waals surface area contributed by atoms with E-state index >= 15 is 0 Å². The first kappa shape index (κ1) is 26.6. The molecule has 3 aliphatic heterocycles. The van der Waals surface area contributed by atoms with Crippen LogP contribution in [-0.4, -0.2) is 127 Å². The van der Waals surface area contributed by atoms with E-state index < -0.39 is 98.2 Å². The summed E-state index contributed by atoms with van der Waals surface area (Å²) in [7, 11) is 0. The topological polar surface area (TPSA) is 225 Å². The molecule has 0 bridgehead atoms. The highest BCUT2D eigenvalue weighted by molar-refractivity contribution is 5.87. The zero-order valence-electron chi connectivity index (χ0n) is 18.9. The Morgan fingerprint density at radius 2 is 1.83 bits per heavy atom.